The minimum Gasteiger partial charge on any atom is -0.493 e. The number of halogens is 1. The second-order valence-corrected chi connectivity index (χ2v) is 8.33. The van der Waals surface area contributed by atoms with Crippen LogP contribution in [0.2, 0.25) is 0 Å². The van der Waals surface area contributed by atoms with Crippen molar-refractivity contribution in [1.29, 1.82) is 0 Å². The fourth-order valence-electron chi connectivity index (χ4n) is 3.62. The normalized spacial score (nSPS) is 10.8. The van der Waals surface area contributed by atoms with Crippen molar-refractivity contribution in [1.82, 2.24) is 9.55 Å². The van der Waals surface area contributed by atoms with E-state index in [2.05, 4.69) is 14.9 Å². The number of rotatable bonds is 9. The predicted molar refractivity (Wildman–Crippen MR) is 131 cm³/mol. The van der Waals surface area contributed by atoms with Gasteiger partial charge in [-0.2, -0.15) is 0 Å². The summed E-state index contributed by atoms with van der Waals surface area (Å²) in [6, 6.07) is 13.7. The monoisotopic (exact) mass is 481 g/mol. The molecular formula is C25H24FN3O4S. The molecule has 2 aromatic carbocycles. The van der Waals surface area contributed by atoms with E-state index in [0.717, 1.165) is 21.5 Å². The molecule has 0 unspecified atom stereocenters. The van der Waals surface area contributed by atoms with Crippen molar-refractivity contribution in [2.45, 2.75) is 11.6 Å². The van der Waals surface area contributed by atoms with E-state index in [-0.39, 0.29) is 17.5 Å². The van der Waals surface area contributed by atoms with Crippen LogP contribution in [-0.4, -0.2) is 42.5 Å². The highest BCUT2D eigenvalue weighted by molar-refractivity contribution is 8.00. The van der Waals surface area contributed by atoms with E-state index < -0.39 is 0 Å². The number of nitrogens with one attached hydrogen (secondary N) is 1. The van der Waals surface area contributed by atoms with Crippen LogP contribution in [0, 0.1) is 5.82 Å². The van der Waals surface area contributed by atoms with Gasteiger partial charge in [-0.15, -0.1) is 0 Å². The van der Waals surface area contributed by atoms with Crippen molar-refractivity contribution in [3.63, 3.8) is 0 Å². The number of aromatic nitrogens is 2. The van der Waals surface area contributed by atoms with Gasteiger partial charge < -0.3 is 24.1 Å². The molecule has 4 aromatic rings. The van der Waals surface area contributed by atoms with Crippen molar-refractivity contribution in [2.24, 2.45) is 0 Å². The van der Waals surface area contributed by atoms with E-state index in [4.69, 9.17) is 14.2 Å². The number of anilines is 1. The number of hydrogen-bond acceptors (Lipinski definition) is 6. The van der Waals surface area contributed by atoms with Crippen LogP contribution >= 0.6 is 11.8 Å². The maximum absolute atomic E-state index is 13.2. The zero-order valence-electron chi connectivity index (χ0n) is 19.0. The maximum Gasteiger partial charge on any atom is 0.234 e. The first-order valence-corrected chi connectivity index (χ1v) is 11.4. The number of benzene rings is 2. The van der Waals surface area contributed by atoms with Crippen molar-refractivity contribution in [2.75, 3.05) is 32.4 Å². The van der Waals surface area contributed by atoms with E-state index in [1.807, 2.05) is 18.3 Å². The molecule has 0 aliphatic heterocycles. The molecular weight excluding hydrogens is 457 g/mol. The Morgan fingerprint density at radius 1 is 1.03 bits per heavy atom. The zero-order chi connectivity index (χ0) is 24.1. The number of nitrogens with zero attached hydrogens (tertiary/aromatic N) is 2. The first kappa shape index (κ1) is 23.4. The third kappa shape index (κ3) is 5.09. The summed E-state index contributed by atoms with van der Waals surface area (Å²) in [6.07, 6.45) is 3.69. The molecule has 0 saturated carbocycles. The first-order chi connectivity index (χ1) is 16.5. The quantitative estimate of drug-likeness (QED) is 0.340. The van der Waals surface area contributed by atoms with Gasteiger partial charge in [-0.05, 0) is 29.8 Å². The third-order valence-corrected chi connectivity index (χ3v) is 6.22. The fourth-order valence-corrected chi connectivity index (χ4v) is 4.42. The summed E-state index contributed by atoms with van der Waals surface area (Å²) in [5, 5.41) is 4.58. The molecule has 2 aromatic heterocycles. The molecule has 0 saturated heterocycles. The number of carbonyl (C=O) groups excluding carboxylic acids is 1. The Kier molecular flexibility index (Phi) is 7.22. The Bertz CT molecular complexity index is 1280. The van der Waals surface area contributed by atoms with Gasteiger partial charge in [0.1, 0.15) is 10.8 Å². The summed E-state index contributed by atoms with van der Waals surface area (Å²) in [6.45, 7) is 0.611. The molecule has 4 rings (SSSR count). The van der Waals surface area contributed by atoms with Crippen molar-refractivity contribution >= 4 is 34.3 Å². The summed E-state index contributed by atoms with van der Waals surface area (Å²) < 4.78 is 31.3. The molecule has 0 bridgehead atoms. The van der Waals surface area contributed by atoms with Gasteiger partial charge in [-0.25, -0.2) is 9.37 Å². The standard InChI is InChI=1S/C25H24FN3O4S/c1-31-21-12-18(13-22(32-2)24(21)33-3)28-23(30)15-34-25-19-9-11-29(20(19)8-10-27-25)14-16-4-6-17(26)7-5-16/h4-13H,14-15H2,1-3H3,(H,28,30). The maximum atomic E-state index is 13.2. The predicted octanol–water partition coefficient (Wildman–Crippen LogP) is 4.98. The lowest BCUT2D eigenvalue weighted by Crippen LogP contribution is -2.14. The Labute approximate surface area is 200 Å². The number of ether oxygens (including phenoxy) is 3. The van der Waals surface area contributed by atoms with Crippen molar-refractivity contribution in [3.05, 3.63) is 72.3 Å². The lowest BCUT2D eigenvalue weighted by Gasteiger charge is -2.14. The van der Waals surface area contributed by atoms with Crippen LogP contribution in [0.3, 0.4) is 0 Å². The number of thioether (sulfide) groups is 1. The molecule has 7 nitrogen and oxygen atoms in total. The van der Waals surface area contributed by atoms with E-state index in [0.29, 0.717) is 29.5 Å². The summed E-state index contributed by atoms with van der Waals surface area (Å²) in [5.74, 6) is 1.10. The average molecular weight is 482 g/mol. The Morgan fingerprint density at radius 3 is 2.38 bits per heavy atom. The first-order valence-electron chi connectivity index (χ1n) is 10.4. The third-order valence-electron chi connectivity index (χ3n) is 5.22. The summed E-state index contributed by atoms with van der Waals surface area (Å²) in [5.41, 5.74) is 2.53. The van der Waals surface area contributed by atoms with Crippen LogP contribution in [-0.2, 0) is 11.3 Å². The van der Waals surface area contributed by atoms with Crippen molar-refractivity contribution < 1.29 is 23.4 Å². The molecule has 1 N–H and O–H groups in total. The molecule has 0 aliphatic rings. The van der Waals surface area contributed by atoms with E-state index in [1.54, 1.807) is 30.5 Å². The molecule has 0 radical (unpaired) electrons. The van der Waals surface area contributed by atoms with Crippen molar-refractivity contribution in [3.8, 4) is 17.2 Å². The molecule has 2 heterocycles. The van der Waals surface area contributed by atoms with Crippen LogP contribution < -0.4 is 19.5 Å². The van der Waals surface area contributed by atoms with Gasteiger partial charge in [0.2, 0.25) is 11.7 Å². The Hall–Kier alpha value is -3.72. The molecule has 0 aliphatic carbocycles. The molecule has 34 heavy (non-hydrogen) atoms. The number of fused-ring (bicyclic) bond motifs is 1. The smallest absolute Gasteiger partial charge is 0.234 e. The van der Waals surface area contributed by atoms with Gasteiger partial charge >= 0.3 is 0 Å². The van der Waals surface area contributed by atoms with E-state index in [9.17, 15) is 9.18 Å². The number of amides is 1. The SMILES string of the molecule is COc1cc(NC(=O)CSc2nccc3c2ccn3Cc2ccc(F)cc2)cc(OC)c1OC. The molecule has 176 valence electrons. The number of hydrogen-bond donors (Lipinski definition) is 1. The lowest BCUT2D eigenvalue weighted by atomic mass is 10.2. The molecule has 0 atom stereocenters. The molecule has 1 amide bonds. The molecule has 0 fully saturated rings. The number of carbonyl (C=O) groups is 1. The Balaban J connectivity index is 1.46. The van der Waals surface area contributed by atoms with Crippen LogP contribution in [0.4, 0.5) is 10.1 Å². The van der Waals surface area contributed by atoms with Gasteiger partial charge in [0, 0.05) is 42.1 Å². The second kappa shape index (κ2) is 10.5. The Morgan fingerprint density at radius 2 is 1.74 bits per heavy atom. The summed E-state index contributed by atoms with van der Waals surface area (Å²) >= 11 is 1.35. The summed E-state index contributed by atoms with van der Waals surface area (Å²) in [4.78, 5) is 17.1. The second-order valence-electron chi connectivity index (χ2n) is 7.37. The average Bonchev–Trinajstić information content (AvgIpc) is 3.26. The number of methoxy groups -OCH3 is 3. The van der Waals surface area contributed by atoms with Crippen LogP contribution in [0.1, 0.15) is 5.56 Å². The van der Waals surface area contributed by atoms with Crippen LogP contribution in [0.25, 0.3) is 10.9 Å². The molecule has 0 spiro atoms. The minimum absolute atomic E-state index is 0.173. The van der Waals surface area contributed by atoms with Gasteiger partial charge in [-0.3, -0.25) is 4.79 Å². The summed E-state index contributed by atoms with van der Waals surface area (Å²) in [7, 11) is 4.57. The topological polar surface area (TPSA) is 74.6 Å². The van der Waals surface area contributed by atoms with E-state index in [1.165, 1.54) is 45.2 Å². The lowest BCUT2D eigenvalue weighted by molar-refractivity contribution is -0.113. The van der Waals surface area contributed by atoms with Gasteiger partial charge in [0.15, 0.2) is 11.5 Å². The van der Waals surface area contributed by atoms with E-state index >= 15 is 0 Å². The van der Waals surface area contributed by atoms with Gasteiger partial charge in [0.25, 0.3) is 0 Å². The minimum atomic E-state index is -0.256. The fraction of sp³-hybridized carbons (Fsp3) is 0.200. The zero-order valence-corrected chi connectivity index (χ0v) is 19.8. The van der Waals surface area contributed by atoms with Crippen LogP contribution in [0.15, 0.2) is 66.0 Å². The van der Waals surface area contributed by atoms with Gasteiger partial charge in [-0.1, -0.05) is 23.9 Å². The highest BCUT2D eigenvalue weighted by atomic mass is 32.2. The highest BCUT2D eigenvalue weighted by Crippen LogP contribution is 2.40. The van der Waals surface area contributed by atoms with Gasteiger partial charge in [0.05, 0.1) is 32.6 Å². The molecule has 9 heteroatoms. The van der Waals surface area contributed by atoms with Crippen LogP contribution in [0.5, 0.6) is 17.2 Å². The number of pyridine rings is 1. The highest BCUT2D eigenvalue weighted by Gasteiger charge is 2.15. The largest absolute Gasteiger partial charge is 0.493 e.